The van der Waals surface area contributed by atoms with Gasteiger partial charge in [-0.15, -0.1) is 0 Å². The van der Waals surface area contributed by atoms with E-state index in [4.69, 9.17) is 10.00 Å². The van der Waals surface area contributed by atoms with E-state index in [1.165, 1.54) is 0 Å². The minimum Gasteiger partial charge on any atom is -0.500 e. The molecule has 1 N–H and O–H groups in total. The third-order valence-electron chi connectivity index (χ3n) is 1.59. The van der Waals surface area contributed by atoms with Crippen molar-refractivity contribution in [2.24, 2.45) is 0 Å². The number of benzene rings is 1. The van der Waals surface area contributed by atoms with Crippen molar-refractivity contribution in [2.75, 3.05) is 11.9 Å². The van der Waals surface area contributed by atoms with E-state index in [-0.39, 0.29) is 0 Å². The molecule has 1 aromatic rings. The van der Waals surface area contributed by atoms with Crippen LogP contribution in [0.3, 0.4) is 0 Å². The molecule has 72 valence electrons. The van der Waals surface area contributed by atoms with Crippen LogP contribution >= 0.6 is 0 Å². The lowest BCUT2D eigenvalue weighted by atomic mass is 10.2. The van der Waals surface area contributed by atoms with Crippen molar-refractivity contribution in [3.8, 4) is 6.07 Å². The maximum absolute atomic E-state index is 8.57. The fraction of sp³-hybridized carbons (Fsp3) is 0.182. The minimum atomic E-state index is 0.657. The van der Waals surface area contributed by atoms with E-state index in [0.29, 0.717) is 12.2 Å². The molecule has 0 spiro atoms. The number of nitrogens with one attached hydrogen (secondary N) is 1. The van der Waals surface area contributed by atoms with Gasteiger partial charge in [0.25, 0.3) is 0 Å². The Hall–Kier alpha value is -1.95. The first kappa shape index (κ1) is 10.1. The number of hydrogen-bond donors (Lipinski definition) is 1. The Kier molecular flexibility index (Phi) is 4.09. The largest absolute Gasteiger partial charge is 0.500 e. The lowest BCUT2D eigenvalue weighted by molar-refractivity contribution is 0.269. The topological polar surface area (TPSA) is 45.0 Å². The predicted molar refractivity (Wildman–Crippen MR) is 55.5 cm³/mol. The molecule has 0 aliphatic rings. The van der Waals surface area contributed by atoms with Crippen molar-refractivity contribution < 1.29 is 4.74 Å². The molecule has 3 heteroatoms. The van der Waals surface area contributed by atoms with Crippen molar-refractivity contribution in [2.45, 2.75) is 6.92 Å². The standard InChI is InChI=1S/C11H12N2O/c1-2-14-8-7-13-11-5-3-10(9-12)4-6-11/h3-8,13H,2H2,1H3/b8-7-. The highest BCUT2D eigenvalue weighted by Gasteiger charge is 1.89. The summed E-state index contributed by atoms with van der Waals surface area (Å²) in [4.78, 5) is 0. The molecule has 0 aliphatic carbocycles. The van der Waals surface area contributed by atoms with Crippen molar-refractivity contribution in [3.05, 3.63) is 42.3 Å². The van der Waals surface area contributed by atoms with Gasteiger partial charge in [0.1, 0.15) is 0 Å². The van der Waals surface area contributed by atoms with E-state index in [2.05, 4.69) is 11.4 Å². The molecule has 0 amide bonds. The van der Waals surface area contributed by atoms with Crippen LogP contribution in [0, 0.1) is 11.3 Å². The average Bonchev–Trinajstić information content (AvgIpc) is 2.25. The molecular formula is C11H12N2O. The Morgan fingerprint density at radius 2 is 2.14 bits per heavy atom. The number of rotatable bonds is 4. The molecule has 1 rings (SSSR count). The first-order valence-corrected chi connectivity index (χ1v) is 4.40. The summed E-state index contributed by atoms with van der Waals surface area (Å²) in [5.41, 5.74) is 1.59. The van der Waals surface area contributed by atoms with Crippen molar-refractivity contribution in [1.82, 2.24) is 0 Å². The summed E-state index contributed by atoms with van der Waals surface area (Å²) in [5, 5.41) is 11.6. The maximum Gasteiger partial charge on any atom is 0.0991 e. The highest BCUT2D eigenvalue weighted by Crippen LogP contribution is 2.08. The van der Waals surface area contributed by atoms with Gasteiger partial charge in [-0.1, -0.05) is 0 Å². The summed E-state index contributed by atoms with van der Waals surface area (Å²) in [6, 6.07) is 9.27. The number of nitriles is 1. The Morgan fingerprint density at radius 1 is 1.43 bits per heavy atom. The van der Waals surface area contributed by atoms with E-state index < -0.39 is 0 Å². The Bertz CT molecular complexity index is 335. The normalized spacial score (nSPS) is 9.71. The fourth-order valence-electron chi connectivity index (χ4n) is 0.916. The molecule has 1 aromatic carbocycles. The van der Waals surface area contributed by atoms with Gasteiger partial charge in [-0.05, 0) is 31.2 Å². The average molecular weight is 188 g/mol. The van der Waals surface area contributed by atoms with E-state index in [0.717, 1.165) is 5.69 Å². The van der Waals surface area contributed by atoms with E-state index >= 15 is 0 Å². The fourth-order valence-corrected chi connectivity index (χ4v) is 0.916. The molecule has 0 atom stereocenters. The van der Waals surface area contributed by atoms with Gasteiger partial charge in [0.2, 0.25) is 0 Å². The van der Waals surface area contributed by atoms with Crippen LogP contribution < -0.4 is 5.32 Å². The first-order valence-electron chi connectivity index (χ1n) is 4.40. The number of hydrogen-bond acceptors (Lipinski definition) is 3. The quantitative estimate of drug-likeness (QED) is 0.738. The molecule has 0 saturated heterocycles. The second-order valence-electron chi connectivity index (χ2n) is 2.59. The van der Waals surface area contributed by atoms with Gasteiger partial charge < -0.3 is 10.1 Å². The van der Waals surface area contributed by atoms with Crippen molar-refractivity contribution >= 4 is 5.69 Å². The highest BCUT2D eigenvalue weighted by molar-refractivity contribution is 5.48. The predicted octanol–water partition coefficient (Wildman–Crippen LogP) is 2.48. The summed E-state index contributed by atoms with van der Waals surface area (Å²) >= 11 is 0. The molecule has 0 bridgehead atoms. The molecule has 14 heavy (non-hydrogen) atoms. The summed E-state index contributed by atoms with van der Waals surface area (Å²) < 4.78 is 5.00. The van der Waals surface area contributed by atoms with Crippen LogP contribution in [0.25, 0.3) is 0 Å². The van der Waals surface area contributed by atoms with Gasteiger partial charge in [-0.2, -0.15) is 5.26 Å². The first-order chi connectivity index (χ1) is 6.86. The van der Waals surface area contributed by atoms with Gasteiger partial charge >= 0.3 is 0 Å². The van der Waals surface area contributed by atoms with Crippen molar-refractivity contribution in [3.63, 3.8) is 0 Å². The Balaban J connectivity index is 2.48. The lowest BCUT2D eigenvalue weighted by Crippen LogP contribution is -1.88. The zero-order valence-electron chi connectivity index (χ0n) is 8.03. The van der Waals surface area contributed by atoms with Gasteiger partial charge in [-0.3, -0.25) is 0 Å². The summed E-state index contributed by atoms with van der Waals surface area (Å²) in [6.45, 7) is 2.58. The Morgan fingerprint density at radius 3 is 2.71 bits per heavy atom. The van der Waals surface area contributed by atoms with Crippen LogP contribution in [-0.2, 0) is 4.74 Å². The summed E-state index contributed by atoms with van der Waals surface area (Å²) in [5.74, 6) is 0. The summed E-state index contributed by atoms with van der Waals surface area (Å²) in [7, 11) is 0. The SMILES string of the molecule is CCO/C=C\Nc1ccc(C#N)cc1. The highest BCUT2D eigenvalue weighted by atomic mass is 16.5. The molecule has 0 unspecified atom stereocenters. The molecule has 0 aromatic heterocycles. The van der Waals surface area contributed by atoms with E-state index in [1.807, 2.05) is 19.1 Å². The van der Waals surface area contributed by atoms with Crippen LogP contribution in [0.1, 0.15) is 12.5 Å². The van der Waals surface area contributed by atoms with Crippen LogP contribution in [0.5, 0.6) is 0 Å². The molecule has 0 aliphatic heterocycles. The number of nitrogens with zero attached hydrogens (tertiary/aromatic N) is 1. The third-order valence-corrected chi connectivity index (χ3v) is 1.59. The van der Waals surface area contributed by atoms with Crippen LogP contribution in [0.15, 0.2) is 36.7 Å². The van der Waals surface area contributed by atoms with Crippen LogP contribution in [-0.4, -0.2) is 6.61 Å². The number of anilines is 1. The van der Waals surface area contributed by atoms with Gasteiger partial charge in [0, 0.05) is 11.9 Å². The zero-order chi connectivity index (χ0) is 10.2. The molecule has 0 heterocycles. The minimum absolute atomic E-state index is 0.657. The van der Waals surface area contributed by atoms with E-state index in [1.54, 1.807) is 24.6 Å². The monoisotopic (exact) mass is 188 g/mol. The zero-order valence-corrected chi connectivity index (χ0v) is 8.03. The smallest absolute Gasteiger partial charge is 0.0991 e. The molecular weight excluding hydrogens is 176 g/mol. The number of ether oxygens (including phenoxy) is 1. The molecule has 0 fully saturated rings. The third kappa shape index (κ3) is 3.20. The van der Waals surface area contributed by atoms with Gasteiger partial charge in [0.15, 0.2) is 0 Å². The summed E-state index contributed by atoms with van der Waals surface area (Å²) in [6.07, 6.45) is 3.31. The van der Waals surface area contributed by atoms with Crippen LogP contribution in [0.2, 0.25) is 0 Å². The second-order valence-corrected chi connectivity index (χ2v) is 2.59. The molecule has 0 saturated carbocycles. The lowest BCUT2D eigenvalue weighted by Gasteiger charge is -1.99. The second kappa shape index (κ2) is 5.65. The molecule has 3 nitrogen and oxygen atoms in total. The van der Waals surface area contributed by atoms with Gasteiger partial charge in [0.05, 0.1) is 24.5 Å². The van der Waals surface area contributed by atoms with Crippen LogP contribution in [0.4, 0.5) is 5.69 Å². The van der Waals surface area contributed by atoms with Gasteiger partial charge in [-0.25, -0.2) is 0 Å². The maximum atomic E-state index is 8.57. The van der Waals surface area contributed by atoms with E-state index in [9.17, 15) is 0 Å². The van der Waals surface area contributed by atoms with Crippen molar-refractivity contribution in [1.29, 1.82) is 5.26 Å². The molecule has 0 radical (unpaired) electrons. The Labute approximate surface area is 83.6 Å².